The Balaban J connectivity index is 1.62. The number of aliphatic hydroxyl groups is 2. The van der Waals surface area contributed by atoms with Gasteiger partial charge in [0.15, 0.2) is 0 Å². The summed E-state index contributed by atoms with van der Waals surface area (Å²) in [6.07, 6.45) is 3.58. The summed E-state index contributed by atoms with van der Waals surface area (Å²) in [5.74, 6) is 0.616. The van der Waals surface area contributed by atoms with E-state index >= 15 is 0 Å². The molecule has 25 heavy (non-hydrogen) atoms. The first-order valence-electron chi connectivity index (χ1n) is 9.27. The second-order valence-corrected chi connectivity index (χ2v) is 9.03. The molecule has 7 atom stereocenters. The van der Waals surface area contributed by atoms with Crippen LogP contribution in [0.2, 0.25) is 0 Å². The highest BCUT2D eigenvalue weighted by Crippen LogP contribution is 2.62. The van der Waals surface area contributed by atoms with Crippen LogP contribution < -0.4 is 0 Å². The number of fused-ring (bicyclic) bond motifs is 3. The van der Waals surface area contributed by atoms with Crippen LogP contribution >= 0.6 is 0 Å². The number of esters is 1. The maximum Gasteiger partial charge on any atom is 0.334 e. The number of allylic oxidation sites excluding steroid dienone is 1. The Bertz CT molecular complexity index is 663. The van der Waals surface area contributed by atoms with E-state index in [9.17, 15) is 15.0 Å². The third-order valence-corrected chi connectivity index (χ3v) is 6.86. The van der Waals surface area contributed by atoms with Gasteiger partial charge in [0.1, 0.15) is 24.4 Å². The zero-order valence-corrected chi connectivity index (χ0v) is 15.4. The van der Waals surface area contributed by atoms with E-state index in [4.69, 9.17) is 9.47 Å². The van der Waals surface area contributed by atoms with E-state index in [0.29, 0.717) is 18.3 Å². The first-order valence-corrected chi connectivity index (χ1v) is 9.27. The molecule has 0 spiro atoms. The molecule has 0 unspecified atom stereocenters. The molecule has 0 radical (unpaired) electrons. The summed E-state index contributed by atoms with van der Waals surface area (Å²) in [6, 6.07) is 0. The second kappa shape index (κ2) is 5.41. The van der Waals surface area contributed by atoms with Crippen LogP contribution in [0.1, 0.15) is 47.0 Å². The number of rotatable bonds is 0. The van der Waals surface area contributed by atoms with Gasteiger partial charge in [-0.05, 0) is 55.6 Å². The Morgan fingerprint density at radius 1 is 1.20 bits per heavy atom. The number of carbonyl (C=O) groups excluding carboxylic acids is 1. The molecule has 0 amide bonds. The average Bonchev–Trinajstić information content (AvgIpc) is 3.27. The van der Waals surface area contributed by atoms with E-state index in [2.05, 4.69) is 19.9 Å². The fourth-order valence-electron chi connectivity index (χ4n) is 4.87. The molecule has 0 aromatic rings. The highest BCUT2D eigenvalue weighted by atomic mass is 16.6. The Labute approximate surface area is 148 Å². The number of hydrogen-bond acceptors (Lipinski definition) is 5. The molecule has 4 aliphatic rings. The quantitative estimate of drug-likeness (QED) is 0.398. The summed E-state index contributed by atoms with van der Waals surface area (Å²) in [4.78, 5) is 12.1. The molecule has 0 aromatic heterocycles. The van der Waals surface area contributed by atoms with Crippen molar-refractivity contribution in [2.75, 3.05) is 0 Å². The van der Waals surface area contributed by atoms with Crippen LogP contribution in [0.5, 0.6) is 0 Å². The van der Waals surface area contributed by atoms with Gasteiger partial charge in [0.2, 0.25) is 0 Å². The van der Waals surface area contributed by atoms with Gasteiger partial charge >= 0.3 is 5.97 Å². The zero-order chi connectivity index (χ0) is 18.1. The molecule has 2 heterocycles. The lowest BCUT2D eigenvalue weighted by molar-refractivity contribution is -0.140. The van der Waals surface area contributed by atoms with Crippen molar-refractivity contribution in [1.82, 2.24) is 0 Å². The lowest BCUT2D eigenvalue weighted by Gasteiger charge is -2.19. The summed E-state index contributed by atoms with van der Waals surface area (Å²) in [5.41, 5.74) is 1.16. The van der Waals surface area contributed by atoms with Crippen molar-refractivity contribution in [1.29, 1.82) is 0 Å². The second-order valence-electron chi connectivity index (χ2n) is 9.03. The summed E-state index contributed by atoms with van der Waals surface area (Å²) in [7, 11) is 0. The van der Waals surface area contributed by atoms with Gasteiger partial charge < -0.3 is 19.7 Å². The maximum absolute atomic E-state index is 12.1. The van der Waals surface area contributed by atoms with E-state index < -0.39 is 23.9 Å². The van der Waals surface area contributed by atoms with Crippen LogP contribution in [0.25, 0.3) is 0 Å². The number of hydrogen-bond donors (Lipinski definition) is 2. The Kier molecular flexibility index (Phi) is 3.74. The van der Waals surface area contributed by atoms with Gasteiger partial charge in [-0.25, -0.2) is 4.79 Å². The monoisotopic (exact) mass is 348 g/mol. The first kappa shape index (κ1) is 17.3. The lowest BCUT2D eigenvalue weighted by Crippen LogP contribution is -2.36. The molecule has 2 bridgehead atoms. The number of carbonyl (C=O) groups is 1. The normalized spacial score (nSPS) is 50.4. The van der Waals surface area contributed by atoms with Crippen molar-refractivity contribution in [3.05, 3.63) is 23.3 Å². The van der Waals surface area contributed by atoms with Crippen LogP contribution in [0.15, 0.2) is 23.3 Å². The van der Waals surface area contributed by atoms with Gasteiger partial charge in [-0.2, -0.15) is 0 Å². The van der Waals surface area contributed by atoms with Crippen LogP contribution in [0.3, 0.4) is 0 Å². The van der Waals surface area contributed by atoms with E-state index in [-0.39, 0.29) is 17.5 Å². The third kappa shape index (κ3) is 2.77. The minimum atomic E-state index is -0.968. The lowest BCUT2D eigenvalue weighted by atomic mass is 9.91. The van der Waals surface area contributed by atoms with Gasteiger partial charge in [0.25, 0.3) is 0 Å². The highest BCUT2D eigenvalue weighted by molar-refractivity contribution is 5.90. The Morgan fingerprint density at radius 2 is 1.92 bits per heavy atom. The van der Waals surface area contributed by atoms with Gasteiger partial charge in [0, 0.05) is 12.0 Å². The molecule has 1 saturated carbocycles. The Hall–Kier alpha value is -1.17. The standard InChI is InChI=1S/C20H28O5/c1-10-7-14-13(19(14,2)3)6-5-11-8-12(24-18(11)23)9-20(4)17(25-20)16(22)15(10)21/h7-8,12-17,21-22H,5-6,9H2,1-4H3/b10-7+/t12-,13+,14-,15+,16+,17-,20-/m0/s1. The van der Waals surface area contributed by atoms with Crippen molar-refractivity contribution in [2.24, 2.45) is 17.3 Å². The van der Waals surface area contributed by atoms with Crippen LogP contribution in [-0.2, 0) is 14.3 Å². The molecule has 2 aliphatic carbocycles. The van der Waals surface area contributed by atoms with Gasteiger partial charge in [-0.3, -0.25) is 0 Å². The zero-order valence-electron chi connectivity index (χ0n) is 15.4. The topological polar surface area (TPSA) is 79.3 Å². The van der Waals surface area contributed by atoms with Gasteiger partial charge in [-0.15, -0.1) is 0 Å². The minimum absolute atomic E-state index is 0.152. The largest absolute Gasteiger partial charge is 0.455 e. The van der Waals surface area contributed by atoms with E-state index in [1.165, 1.54) is 0 Å². The molecule has 1 saturated heterocycles. The maximum atomic E-state index is 12.1. The first-order chi connectivity index (χ1) is 11.6. The molecular formula is C20H28O5. The summed E-state index contributed by atoms with van der Waals surface area (Å²) < 4.78 is 11.2. The molecular weight excluding hydrogens is 320 g/mol. The highest BCUT2D eigenvalue weighted by Gasteiger charge is 2.60. The van der Waals surface area contributed by atoms with Crippen LogP contribution in [0.4, 0.5) is 0 Å². The van der Waals surface area contributed by atoms with Crippen molar-refractivity contribution < 1.29 is 24.5 Å². The van der Waals surface area contributed by atoms with Crippen LogP contribution in [0, 0.1) is 17.3 Å². The minimum Gasteiger partial charge on any atom is -0.455 e. The molecule has 5 heteroatoms. The number of aliphatic hydroxyl groups excluding tert-OH is 2. The SMILES string of the molecule is C/C1=C\[C@H]2[C@@H](CCC3=C[C@@H](C[C@]4(C)O[C@H]4[C@H](O)[C@@H]1O)OC3=O)C2(C)C. The molecule has 2 aliphatic heterocycles. The summed E-state index contributed by atoms with van der Waals surface area (Å²) >= 11 is 0. The fraction of sp³-hybridized carbons (Fsp3) is 0.750. The van der Waals surface area contributed by atoms with Crippen molar-refractivity contribution in [2.45, 2.75) is 77.0 Å². The molecule has 138 valence electrons. The number of epoxide rings is 1. The summed E-state index contributed by atoms with van der Waals surface area (Å²) in [5, 5.41) is 21.1. The third-order valence-electron chi connectivity index (χ3n) is 6.86. The molecule has 2 fully saturated rings. The van der Waals surface area contributed by atoms with Gasteiger partial charge in [0.05, 0.1) is 5.60 Å². The molecule has 5 nitrogen and oxygen atoms in total. The predicted octanol–water partition coefficient (Wildman–Crippen LogP) is 2.12. The van der Waals surface area contributed by atoms with E-state index in [1.807, 2.05) is 19.9 Å². The molecule has 2 N–H and O–H groups in total. The Morgan fingerprint density at radius 3 is 2.64 bits per heavy atom. The molecule has 4 rings (SSSR count). The van der Waals surface area contributed by atoms with Gasteiger partial charge in [-0.1, -0.05) is 19.9 Å². The predicted molar refractivity (Wildman–Crippen MR) is 91.6 cm³/mol. The average molecular weight is 348 g/mol. The van der Waals surface area contributed by atoms with Crippen molar-refractivity contribution in [3.63, 3.8) is 0 Å². The van der Waals surface area contributed by atoms with Crippen LogP contribution in [-0.4, -0.2) is 46.2 Å². The van der Waals surface area contributed by atoms with E-state index in [1.54, 1.807) is 0 Å². The van der Waals surface area contributed by atoms with E-state index in [0.717, 1.165) is 24.0 Å². The van der Waals surface area contributed by atoms with Crippen molar-refractivity contribution in [3.8, 4) is 0 Å². The fourth-order valence-corrected chi connectivity index (χ4v) is 4.87. The van der Waals surface area contributed by atoms with Crippen molar-refractivity contribution >= 4 is 5.97 Å². The number of ether oxygens (including phenoxy) is 2. The molecule has 0 aromatic carbocycles. The summed E-state index contributed by atoms with van der Waals surface area (Å²) in [6.45, 7) is 8.22. The smallest absolute Gasteiger partial charge is 0.334 e.